The standard InChI is InChI=1S/C16H17F2N/c1-11-7-8-13(9-16(11)18)10-19-12(2)14-5-3-4-6-15(14)17/h3-9,12,19H,10H2,1-2H3/t12-/m1/s1. The number of hydrogen-bond acceptors (Lipinski definition) is 1. The van der Waals surface area contributed by atoms with Crippen LogP contribution in [0.1, 0.15) is 29.7 Å². The molecule has 0 unspecified atom stereocenters. The van der Waals surface area contributed by atoms with Gasteiger partial charge in [-0.2, -0.15) is 0 Å². The van der Waals surface area contributed by atoms with E-state index < -0.39 is 0 Å². The molecule has 3 heteroatoms. The minimum absolute atomic E-state index is 0.120. The number of nitrogens with one attached hydrogen (secondary N) is 1. The molecule has 0 bridgehead atoms. The van der Waals surface area contributed by atoms with Crippen molar-refractivity contribution in [1.29, 1.82) is 0 Å². The molecule has 0 amide bonds. The number of halogens is 2. The molecular weight excluding hydrogens is 244 g/mol. The predicted molar refractivity (Wildman–Crippen MR) is 72.8 cm³/mol. The smallest absolute Gasteiger partial charge is 0.127 e. The molecule has 0 aliphatic rings. The van der Waals surface area contributed by atoms with Crippen LogP contribution in [0.25, 0.3) is 0 Å². The normalized spacial score (nSPS) is 12.4. The Kier molecular flexibility index (Phi) is 4.27. The lowest BCUT2D eigenvalue weighted by Crippen LogP contribution is -2.19. The summed E-state index contributed by atoms with van der Waals surface area (Å²) < 4.78 is 27.0. The van der Waals surface area contributed by atoms with Crippen molar-refractivity contribution in [2.75, 3.05) is 0 Å². The van der Waals surface area contributed by atoms with Crippen molar-refractivity contribution in [3.05, 3.63) is 70.8 Å². The third-order valence-electron chi connectivity index (χ3n) is 3.22. The van der Waals surface area contributed by atoms with Crippen molar-refractivity contribution in [3.63, 3.8) is 0 Å². The van der Waals surface area contributed by atoms with Gasteiger partial charge in [-0.3, -0.25) is 0 Å². The van der Waals surface area contributed by atoms with Gasteiger partial charge >= 0.3 is 0 Å². The maximum Gasteiger partial charge on any atom is 0.127 e. The Morgan fingerprint density at radius 3 is 2.47 bits per heavy atom. The Morgan fingerprint density at radius 2 is 1.79 bits per heavy atom. The van der Waals surface area contributed by atoms with Crippen LogP contribution in [0.15, 0.2) is 42.5 Å². The summed E-state index contributed by atoms with van der Waals surface area (Å²) in [6, 6.07) is 11.7. The molecule has 0 radical (unpaired) electrons. The molecule has 0 saturated carbocycles. The Balaban J connectivity index is 2.02. The molecule has 0 spiro atoms. The van der Waals surface area contributed by atoms with Gasteiger partial charge in [0, 0.05) is 18.2 Å². The molecule has 0 saturated heterocycles. The second kappa shape index (κ2) is 5.93. The van der Waals surface area contributed by atoms with Crippen molar-refractivity contribution in [1.82, 2.24) is 5.32 Å². The average molecular weight is 261 g/mol. The third-order valence-corrected chi connectivity index (χ3v) is 3.22. The zero-order chi connectivity index (χ0) is 13.8. The molecule has 0 fully saturated rings. The van der Waals surface area contributed by atoms with E-state index in [4.69, 9.17) is 0 Å². The van der Waals surface area contributed by atoms with Crippen LogP contribution in [-0.2, 0) is 6.54 Å². The summed E-state index contributed by atoms with van der Waals surface area (Å²) >= 11 is 0. The monoisotopic (exact) mass is 261 g/mol. The highest BCUT2D eigenvalue weighted by Crippen LogP contribution is 2.17. The molecule has 0 heterocycles. The Bertz CT molecular complexity index is 566. The van der Waals surface area contributed by atoms with E-state index in [-0.39, 0.29) is 17.7 Å². The largest absolute Gasteiger partial charge is 0.306 e. The van der Waals surface area contributed by atoms with E-state index in [1.807, 2.05) is 19.1 Å². The predicted octanol–water partition coefficient (Wildman–Crippen LogP) is 4.12. The molecular formula is C16H17F2N. The molecule has 19 heavy (non-hydrogen) atoms. The van der Waals surface area contributed by atoms with E-state index in [2.05, 4.69) is 5.32 Å². The number of hydrogen-bond donors (Lipinski definition) is 1. The van der Waals surface area contributed by atoms with Gasteiger partial charge in [-0.25, -0.2) is 8.78 Å². The summed E-state index contributed by atoms with van der Waals surface area (Å²) in [5.41, 5.74) is 2.10. The van der Waals surface area contributed by atoms with Crippen molar-refractivity contribution >= 4 is 0 Å². The van der Waals surface area contributed by atoms with Gasteiger partial charge < -0.3 is 5.32 Å². The van der Waals surface area contributed by atoms with Gasteiger partial charge in [0.2, 0.25) is 0 Å². The highest BCUT2D eigenvalue weighted by atomic mass is 19.1. The summed E-state index contributed by atoms with van der Waals surface area (Å²) in [4.78, 5) is 0. The van der Waals surface area contributed by atoms with Gasteiger partial charge in [-0.1, -0.05) is 30.3 Å². The van der Waals surface area contributed by atoms with Gasteiger partial charge in [0.1, 0.15) is 11.6 Å². The van der Waals surface area contributed by atoms with Crippen LogP contribution < -0.4 is 5.32 Å². The van der Waals surface area contributed by atoms with Crippen LogP contribution in [0.2, 0.25) is 0 Å². The quantitative estimate of drug-likeness (QED) is 0.872. The highest BCUT2D eigenvalue weighted by Gasteiger charge is 2.09. The third kappa shape index (κ3) is 3.38. The van der Waals surface area contributed by atoms with E-state index >= 15 is 0 Å². The first-order valence-corrected chi connectivity index (χ1v) is 6.31. The van der Waals surface area contributed by atoms with Crippen LogP contribution in [0.3, 0.4) is 0 Å². The van der Waals surface area contributed by atoms with Gasteiger partial charge in [-0.05, 0) is 37.1 Å². The summed E-state index contributed by atoms with van der Waals surface area (Å²) in [7, 11) is 0. The summed E-state index contributed by atoms with van der Waals surface area (Å²) in [5, 5.41) is 3.20. The van der Waals surface area contributed by atoms with Gasteiger partial charge in [0.25, 0.3) is 0 Å². The van der Waals surface area contributed by atoms with E-state index in [1.54, 1.807) is 25.1 Å². The summed E-state index contributed by atoms with van der Waals surface area (Å²) in [6.45, 7) is 4.13. The fraction of sp³-hybridized carbons (Fsp3) is 0.250. The SMILES string of the molecule is Cc1ccc(CN[C@H](C)c2ccccc2F)cc1F. The fourth-order valence-electron chi connectivity index (χ4n) is 1.95. The first-order valence-electron chi connectivity index (χ1n) is 6.31. The first kappa shape index (κ1) is 13.7. The Hall–Kier alpha value is -1.74. The van der Waals surface area contributed by atoms with E-state index in [9.17, 15) is 8.78 Å². The number of aryl methyl sites for hydroxylation is 1. The lowest BCUT2D eigenvalue weighted by Gasteiger charge is -2.15. The molecule has 1 atom stereocenters. The van der Waals surface area contributed by atoms with Gasteiger partial charge in [-0.15, -0.1) is 0 Å². The van der Waals surface area contributed by atoms with E-state index in [0.717, 1.165) is 5.56 Å². The second-order valence-electron chi connectivity index (χ2n) is 4.71. The number of rotatable bonds is 4. The molecule has 1 N–H and O–H groups in total. The lowest BCUT2D eigenvalue weighted by atomic mass is 10.1. The summed E-state index contributed by atoms with van der Waals surface area (Å²) in [5.74, 6) is -0.435. The second-order valence-corrected chi connectivity index (χ2v) is 4.71. The molecule has 2 aromatic rings. The molecule has 100 valence electrons. The van der Waals surface area contributed by atoms with Crippen molar-refractivity contribution in [2.45, 2.75) is 26.4 Å². The molecule has 1 nitrogen and oxygen atoms in total. The van der Waals surface area contributed by atoms with Crippen molar-refractivity contribution < 1.29 is 8.78 Å². The van der Waals surface area contributed by atoms with Crippen LogP contribution in [0, 0.1) is 18.6 Å². The van der Waals surface area contributed by atoms with E-state index in [1.165, 1.54) is 12.1 Å². The van der Waals surface area contributed by atoms with Gasteiger partial charge in [0.05, 0.1) is 0 Å². The van der Waals surface area contributed by atoms with Crippen LogP contribution in [0.5, 0.6) is 0 Å². The van der Waals surface area contributed by atoms with Gasteiger partial charge in [0.15, 0.2) is 0 Å². The highest BCUT2D eigenvalue weighted by molar-refractivity contribution is 5.24. The maximum absolute atomic E-state index is 13.6. The number of benzene rings is 2. The summed E-state index contributed by atoms with van der Waals surface area (Å²) in [6.07, 6.45) is 0. The van der Waals surface area contributed by atoms with Crippen molar-refractivity contribution in [3.8, 4) is 0 Å². The molecule has 0 aromatic heterocycles. The minimum atomic E-state index is -0.224. The van der Waals surface area contributed by atoms with Crippen LogP contribution in [-0.4, -0.2) is 0 Å². The Morgan fingerprint density at radius 1 is 1.05 bits per heavy atom. The molecule has 0 aliphatic heterocycles. The Labute approximate surface area is 112 Å². The first-order chi connectivity index (χ1) is 9.08. The molecule has 2 rings (SSSR count). The zero-order valence-electron chi connectivity index (χ0n) is 11.1. The van der Waals surface area contributed by atoms with Crippen molar-refractivity contribution in [2.24, 2.45) is 0 Å². The average Bonchev–Trinajstić information content (AvgIpc) is 2.40. The van der Waals surface area contributed by atoms with Crippen LogP contribution in [0.4, 0.5) is 8.78 Å². The lowest BCUT2D eigenvalue weighted by molar-refractivity contribution is 0.526. The minimum Gasteiger partial charge on any atom is -0.306 e. The molecule has 0 aliphatic carbocycles. The van der Waals surface area contributed by atoms with E-state index in [0.29, 0.717) is 17.7 Å². The van der Waals surface area contributed by atoms with Crippen LogP contribution >= 0.6 is 0 Å². The topological polar surface area (TPSA) is 12.0 Å². The maximum atomic E-state index is 13.6. The molecule has 2 aromatic carbocycles. The zero-order valence-corrected chi connectivity index (χ0v) is 11.1. The fourth-order valence-corrected chi connectivity index (χ4v) is 1.95.